The molecule has 0 spiro atoms. The Morgan fingerprint density at radius 2 is 2.23 bits per heavy atom. The molecule has 0 bridgehead atoms. The molecule has 1 aliphatic heterocycles. The maximum Gasteiger partial charge on any atom is 0.253 e. The van der Waals surface area contributed by atoms with E-state index in [9.17, 15) is 4.79 Å². The van der Waals surface area contributed by atoms with Gasteiger partial charge >= 0.3 is 0 Å². The van der Waals surface area contributed by atoms with Crippen LogP contribution in [0, 0.1) is 0 Å². The average molecular weight is 415 g/mol. The van der Waals surface area contributed by atoms with Crippen molar-refractivity contribution in [3.63, 3.8) is 0 Å². The molecule has 2 aromatic rings. The van der Waals surface area contributed by atoms with E-state index in [4.69, 9.17) is 14.6 Å². The SMILES string of the molecule is COCCCn1nc(C(C)C)c2ccc(CN(C(=O)[C@H]3CNCCO3)C3CC3)cc21. The van der Waals surface area contributed by atoms with E-state index in [0.29, 0.717) is 31.7 Å². The predicted molar refractivity (Wildman–Crippen MR) is 116 cm³/mol. The lowest BCUT2D eigenvalue weighted by molar-refractivity contribution is -0.146. The molecule has 164 valence electrons. The highest BCUT2D eigenvalue weighted by molar-refractivity contribution is 5.84. The highest BCUT2D eigenvalue weighted by Crippen LogP contribution is 2.31. The van der Waals surface area contributed by atoms with Crippen LogP contribution in [0.5, 0.6) is 0 Å². The Kier molecular flexibility index (Phi) is 6.71. The van der Waals surface area contributed by atoms with Crippen LogP contribution in [0.3, 0.4) is 0 Å². The Morgan fingerprint density at radius 3 is 2.90 bits per heavy atom. The summed E-state index contributed by atoms with van der Waals surface area (Å²) in [6, 6.07) is 6.88. The van der Waals surface area contributed by atoms with Crippen LogP contribution in [0.2, 0.25) is 0 Å². The zero-order valence-electron chi connectivity index (χ0n) is 18.4. The number of carbonyl (C=O) groups is 1. The molecule has 1 aliphatic carbocycles. The van der Waals surface area contributed by atoms with Crippen LogP contribution in [0.1, 0.15) is 50.3 Å². The van der Waals surface area contributed by atoms with Gasteiger partial charge in [-0.2, -0.15) is 5.10 Å². The average Bonchev–Trinajstić information content (AvgIpc) is 3.54. The molecule has 2 aliphatic rings. The molecule has 1 atom stereocenters. The minimum Gasteiger partial charge on any atom is -0.385 e. The maximum atomic E-state index is 13.1. The maximum absolute atomic E-state index is 13.1. The predicted octanol–water partition coefficient (Wildman–Crippen LogP) is 2.68. The quantitative estimate of drug-likeness (QED) is 0.639. The van der Waals surface area contributed by atoms with E-state index in [1.54, 1.807) is 7.11 Å². The number of amides is 1. The topological polar surface area (TPSA) is 68.6 Å². The highest BCUT2D eigenvalue weighted by Gasteiger charge is 2.36. The number of hydrogen-bond acceptors (Lipinski definition) is 5. The molecule has 4 rings (SSSR count). The van der Waals surface area contributed by atoms with Gasteiger partial charge in [0.15, 0.2) is 0 Å². The van der Waals surface area contributed by atoms with E-state index in [1.165, 1.54) is 5.39 Å². The summed E-state index contributed by atoms with van der Waals surface area (Å²) in [4.78, 5) is 15.1. The van der Waals surface area contributed by atoms with E-state index >= 15 is 0 Å². The van der Waals surface area contributed by atoms with Gasteiger partial charge in [-0.1, -0.05) is 26.0 Å². The molecule has 0 radical (unpaired) electrons. The first-order valence-corrected chi connectivity index (χ1v) is 11.2. The summed E-state index contributed by atoms with van der Waals surface area (Å²) < 4.78 is 13.1. The van der Waals surface area contributed by atoms with Gasteiger partial charge in [0.25, 0.3) is 5.91 Å². The molecule has 7 nitrogen and oxygen atoms in total. The van der Waals surface area contributed by atoms with Crippen LogP contribution in [-0.2, 0) is 27.4 Å². The second-order valence-corrected chi connectivity index (χ2v) is 8.72. The number of hydrogen-bond donors (Lipinski definition) is 1. The molecule has 1 amide bonds. The lowest BCUT2D eigenvalue weighted by Crippen LogP contribution is -2.49. The van der Waals surface area contributed by atoms with Crippen molar-refractivity contribution < 1.29 is 14.3 Å². The molecule has 1 saturated heterocycles. The summed E-state index contributed by atoms with van der Waals surface area (Å²) >= 11 is 0. The van der Waals surface area contributed by atoms with Crippen LogP contribution < -0.4 is 5.32 Å². The monoisotopic (exact) mass is 414 g/mol. The number of methoxy groups -OCH3 is 1. The van der Waals surface area contributed by atoms with E-state index in [-0.39, 0.29) is 12.0 Å². The van der Waals surface area contributed by atoms with Crippen molar-refractivity contribution in [2.24, 2.45) is 0 Å². The molecule has 0 unspecified atom stereocenters. The van der Waals surface area contributed by atoms with Gasteiger partial charge in [0.1, 0.15) is 6.10 Å². The van der Waals surface area contributed by atoms with Gasteiger partial charge in [-0.3, -0.25) is 9.48 Å². The first-order valence-electron chi connectivity index (χ1n) is 11.2. The number of fused-ring (bicyclic) bond motifs is 1. The number of aryl methyl sites for hydroxylation is 1. The molecule has 1 N–H and O–H groups in total. The Labute approximate surface area is 178 Å². The van der Waals surface area contributed by atoms with Gasteiger partial charge in [0.2, 0.25) is 0 Å². The van der Waals surface area contributed by atoms with E-state index in [1.807, 2.05) is 4.90 Å². The summed E-state index contributed by atoms with van der Waals surface area (Å²) in [5, 5.41) is 9.36. The fraction of sp³-hybridized carbons (Fsp3) is 0.652. The second kappa shape index (κ2) is 9.45. The fourth-order valence-electron chi connectivity index (χ4n) is 4.18. The van der Waals surface area contributed by atoms with E-state index in [0.717, 1.165) is 55.7 Å². The molecule has 2 fully saturated rings. The lowest BCUT2D eigenvalue weighted by atomic mass is 10.0. The van der Waals surface area contributed by atoms with Gasteiger partial charge in [0.05, 0.1) is 17.8 Å². The molecule has 7 heteroatoms. The Balaban J connectivity index is 1.58. The summed E-state index contributed by atoms with van der Waals surface area (Å²) in [6.07, 6.45) is 2.73. The number of carbonyl (C=O) groups excluding carboxylic acids is 1. The largest absolute Gasteiger partial charge is 0.385 e. The Bertz CT molecular complexity index is 869. The minimum absolute atomic E-state index is 0.112. The number of nitrogens with one attached hydrogen (secondary N) is 1. The zero-order valence-corrected chi connectivity index (χ0v) is 18.4. The molecule has 1 aromatic carbocycles. The first kappa shape index (κ1) is 21.3. The lowest BCUT2D eigenvalue weighted by Gasteiger charge is -2.30. The standard InChI is InChI=1S/C23H34N4O3/c1-16(2)22-19-8-5-17(13-20(19)27(25-22)10-4-11-29-3)15-26(18-6-7-18)23(28)21-14-24-9-12-30-21/h5,8,13,16,18,21,24H,4,6-7,9-12,14-15H2,1-3H3/t21-/m1/s1. The van der Waals surface area contributed by atoms with Crippen LogP contribution in [0.15, 0.2) is 18.2 Å². The second-order valence-electron chi connectivity index (χ2n) is 8.72. The Hall–Kier alpha value is -1.96. The number of morpholine rings is 1. The van der Waals surface area contributed by atoms with Crippen LogP contribution >= 0.6 is 0 Å². The number of rotatable bonds is 9. The van der Waals surface area contributed by atoms with Crippen molar-refractivity contribution in [1.29, 1.82) is 0 Å². The summed E-state index contributed by atoms with van der Waals surface area (Å²) in [6.45, 7) is 8.55. The van der Waals surface area contributed by atoms with Gasteiger partial charge in [-0.05, 0) is 36.8 Å². The molecular weight excluding hydrogens is 380 g/mol. The van der Waals surface area contributed by atoms with Gasteiger partial charge < -0.3 is 19.7 Å². The third-order valence-electron chi connectivity index (χ3n) is 5.94. The highest BCUT2D eigenvalue weighted by atomic mass is 16.5. The molecule has 2 heterocycles. The summed E-state index contributed by atoms with van der Waals surface area (Å²) in [5.74, 6) is 0.476. The normalized spacial score (nSPS) is 19.5. The molecule has 1 aromatic heterocycles. The van der Waals surface area contributed by atoms with Crippen molar-refractivity contribution in [2.75, 3.05) is 33.4 Å². The zero-order chi connectivity index (χ0) is 21.1. The summed E-state index contributed by atoms with van der Waals surface area (Å²) in [7, 11) is 1.73. The fourth-order valence-corrected chi connectivity index (χ4v) is 4.18. The van der Waals surface area contributed by atoms with Gasteiger partial charge in [0, 0.05) is 51.3 Å². The van der Waals surface area contributed by atoms with Crippen molar-refractivity contribution in [2.45, 2.75) is 64.3 Å². The third kappa shape index (κ3) is 4.68. The Morgan fingerprint density at radius 1 is 1.40 bits per heavy atom. The number of benzene rings is 1. The van der Waals surface area contributed by atoms with Crippen LogP contribution in [0.25, 0.3) is 10.9 Å². The van der Waals surface area contributed by atoms with Crippen LogP contribution in [0.4, 0.5) is 0 Å². The van der Waals surface area contributed by atoms with Crippen LogP contribution in [-0.4, -0.2) is 66.1 Å². The van der Waals surface area contributed by atoms with Gasteiger partial charge in [-0.15, -0.1) is 0 Å². The molecule has 30 heavy (non-hydrogen) atoms. The van der Waals surface area contributed by atoms with Crippen molar-refractivity contribution in [3.8, 4) is 0 Å². The van der Waals surface area contributed by atoms with E-state index < -0.39 is 0 Å². The first-order chi connectivity index (χ1) is 14.6. The van der Waals surface area contributed by atoms with Crippen molar-refractivity contribution in [3.05, 3.63) is 29.5 Å². The van der Waals surface area contributed by atoms with Gasteiger partial charge in [-0.25, -0.2) is 0 Å². The molecule has 1 saturated carbocycles. The smallest absolute Gasteiger partial charge is 0.253 e. The van der Waals surface area contributed by atoms with Crippen molar-refractivity contribution >= 4 is 16.8 Å². The molecular formula is C23H34N4O3. The number of ether oxygens (including phenoxy) is 2. The number of aromatic nitrogens is 2. The number of nitrogens with zero attached hydrogens (tertiary/aromatic N) is 3. The van der Waals surface area contributed by atoms with Crippen molar-refractivity contribution in [1.82, 2.24) is 20.0 Å². The van der Waals surface area contributed by atoms with E-state index in [2.05, 4.69) is 42.0 Å². The summed E-state index contributed by atoms with van der Waals surface area (Å²) in [5.41, 5.74) is 3.42. The minimum atomic E-state index is -0.366. The third-order valence-corrected chi connectivity index (χ3v) is 5.94.